The van der Waals surface area contributed by atoms with Crippen molar-refractivity contribution in [2.45, 2.75) is 37.9 Å². The van der Waals surface area contributed by atoms with Gasteiger partial charge in [-0.1, -0.05) is 35.6 Å². The smallest absolute Gasteiger partial charge is 0.422 e. The van der Waals surface area contributed by atoms with E-state index < -0.39 is 24.2 Å². The molecule has 2 unspecified atom stereocenters. The lowest BCUT2D eigenvalue weighted by Crippen LogP contribution is -2.53. The van der Waals surface area contributed by atoms with Crippen LogP contribution in [0.25, 0.3) is 10.2 Å². The van der Waals surface area contributed by atoms with Crippen molar-refractivity contribution >= 4 is 32.8 Å². The number of nitrogens with one attached hydrogen (secondary N) is 2. The molecule has 1 amide bonds. The Bertz CT molecular complexity index is 1280. The van der Waals surface area contributed by atoms with Crippen LogP contribution in [0, 0.1) is 5.92 Å². The first-order valence-corrected chi connectivity index (χ1v) is 11.4. The van der Waals surface area contributed by atoms with Gasteiger partial charge >= 0.3 is 12.5 Å². The maximum absolute atomic E-state index is 12.5. The van der Waals surface area contributed by atoms with Gasteiger partial charge < -0.3 is 20.5 Å². The van der Waals surface area contributed by atoms with Crippen LogP contribution < -0.4 is 21.1 Å². The van der Waals surface area contributed by atoms with Crippen molar-refractivity contribution in [3.05, 3.63) is 65.4 Å². The van der Waals surface area contributed by atoms with Crippen LogP contribution >= 0.6 is 11.3 Å². The zero-order valence-corrected chi connectivity index (χ0v) is 18.8. The van der Waals surface area contributed by atoms with E-state index in [2.05, 4.69) is 38.6 Å². The standard InChI is InChI=1S/C23H21F3N4O3S/c1-2-14-12-4-3-9-22(14,27)15-6-8-19(28-17(15)10-12)32-21(31)30-20-29-16-7-5-13(11-18(16)34-20)33-23(24,25)26/h2-8,11-12,19,28H,9-10,27H2,1H3,(H,29,30,31)/b14-2+/t12-,19?,22?/m1/s1. The number of alkyl halides is 3. The molecule has 5 rings (SSSR count). The Hall–Kier alpha value is -3.31. The number of halogens is 3. The first kappa shape index (κ1) is 22.5. The Balaban J connectivity index is 1.25. The molecule has 178 valence electrons. The molecule has 1 aromatic carbocycles. The summed E-state index contributed by atoms with van der Waals surface area (Å²) in [6, 6.07) is 3.77. The highest BCUT2D eigenvalue weighted by molar-refractivity contribution is 7.22. The topological polar surface area (TPSA) is 98.5 Å². The summed E-state index contributed by atoms with van der Waals surface area (Å²) in [5, 5.41) is 5.98. The number of nitrogens with two attached hydrogens (primary N) is 1. The second kappa shape index (κ2) is 8.17. The molecule has 0 spiro atoms. The minimum atomic E-state index is -4.79. The molecule has 0 saturated heterocycles. The summed E-state index contributed by atoms with van der Waals surface area (Å²) in [4.78, 5) is 16.7. The molecule has 1 aromatic heterocycles. The summed E-state index contributed by atoms with van der Waals surface area (Å²) >= 11 is 1.01. The van der Waals surface area contributed by atoms with Crippen molar-refractivity contribution < 1.29 is 27.4 Å². The number of rotatable bonds is 3. The molecule has 34 heavy (non-hydrogen) atoms. The maximum Gasteiger partial charge on any atom is 0.573 e. The molecular formula is C23H21F3N4O3S. The number of benzene rings is 1. The molecule has 3 aliphatic rings. The predicted octanol–water partition coefficient (Wildman–Crippen LogP) is 5.11. The third kappa shape index (κ3) is 4.16. The minimum Gasteiger partial charge on any atom is -0.422 e. The van der Waals surface area contributed by atoms with Crippen molar-refractivity contribution in [1.82, 2.24) is 10.3 Å². The van der Waals surface area contributed by atoms with Crippen molar-refractivity contribution in [1.29, 1.82) is 0 Å². The van der Waals surface area contributed by atoms with Gasteiger partial charge in [0.25, 0.3) is 0 Å². The molecule has 4 N–H and O–H groups in total. The third-order valence-electron chi connectivity index (χ3n) is 6.05. The van der Waals surface area contributed by atoms with Gasteiger partial charge in [0.15, 0.2) is 11.4 Å². The van der Waals surface area contributed by atoms with Gasteiger partial charge in [0.1, 0.15) is 5.75 Å². The summed E-state index contributed by atoms with van der Waals surface area (Å²) < 4.78 is 47.1. The van der Waals surface area contributed by atoms with Crippen LogP contribution in [0.5, 0.6) is 5.75 Å². The fourth-order valence-electron chi connectivity index (χ4n) is 4.73. The van der Waals surface area contributed by atoms with Gasteiger partial charge in [0.2, 0.25) is 0 Å². The summed E-state index contributed by atoms with van der Waals surface area (Å²) in [5.74, 6) is -0.158. The highest BCUT2D eigenvalue weighted by atomic mass is 32.1. The SMILES string of the molecule is C/C=C1\[C@@H]2C=CCC1(N)C1=C(C2)NC(OC(=O)Nc2nc3ccc(OC(F)(F)F)cc3s2)C=C1. The zero-order chi connectivity index (χ0) is 24.1. The van der Waals surface area contributed by atoms with E-state index in [0.29, 0.717) is 16.6 Å². The number of fused-ring (bicyclic) bond motifs is 4. The number of anilines is 1. The molecule has 0 radical (unpaired) electrons. The summed E-state index contributed by atoms with van der Waals surface area (Å²) in [5.41, 5.74) is 9.75. The Kier molecular flexibility index (Phi) is 5.40. The maximum atomic E-state index is 12.5. The molecule has 11 heteroatoms. The summed E-state index contributed by atoms with van der Waals surface area (Å²) in [7, 11) is 0. The molecule has 2 heterocycles. The van der Waals surface area contributed by atoms with Gasteiger partial charge in [0, 0.05) is 17.7 Å². The van der Waals surface area contributed by atoms with E-state index in [9.17, 15) is 18.0 Å². The number of aromatic nitrogens is 1. The fourth-order valence-corrected chi connectivity index (χ4v) is 5.61. The van der Waals surface area contributed by atoms with E-state index >= 15 is 0 Å². The molecule has 3 atom stereocenters. The van der Waals surface area contributed by atoms with Crippen molar-refractivity contribution in [3.63, 3.8) is 0 Å². The Morgan fingerprint density at radius 2 is 2.21 bits per heavy atom. The number of thiazole rings is 1. The Labute approximate surface area is 196 Å². The van der Waals surface area contributed by atoms with E-state index in [4.69, 9.17) is 10.5 Å². The van der Waals surface area contributed by atoms with Crippen LogP contribution in [0.2, 0.25) is 0 Å². The average Bonchev–Trinajstić information content (AvgIpc) is 3.13. The van der Waals surface area contributed by atoms with E-state index in [1.54, 1.807) is 6.08 Å². The lowest BCUT2D eigenvalue weighted by Gasteiger charge is -2.46. The second-order valence-electron chi connectivity index (χ2n) is 8.20. The number of hydrogen-bond acceptors (Lipinski definition) is 7. The fraction of sp³-hybridized carbons (Fsp3) is 0.304. The molecule has 2 bridgehead atoms. The molecule has 7 nitrogen and oxygen atoms in total. The van der Waals surface area contributed by atoms with Gasteiger partial charge in [-0.3, -0.25) is 5.32 Å². The zero-order valence-electron chi connectivity index (χ0n) is 18.0. The van der Waals surface area contributed by atoms with E-state index in [0.717, 1.165) is 35.1 Å². The minimum absolute atomic E-state index is 0.194. The lowest BCUT2D eigenvalue weighted by atomic mass is 9.64. The molecule has 2 aromatic rings. The number of carbonyl (C=O) groups is 1. The van der Waals surface area contributed by atoms with Gasteiger partial charge in [-0.2, -0.15) is 0 Å². The van der Waals surface area contributed by atoms with Crippen molar-refractivity contribution in [2.75, 3.05) is 5.32 Å². The molecule has 1 aliphatic heterocycles. The quantitative estimate of drug-likeness (QED) is 0.518. The molecule has 2 aliphatic carbocycles. The number of amides is 1. The van der Waals surface area contributed by atoms with Crippen molar-refractivity contribution in [2.24, 2.45) is 11.7 Å². The second-order valence-corrected chi connectivity index (χ2v) is 9.23. The normalized spacial score (nSPS) is 26.9. The summed E-state index contributed by atoms with van der Waals surface area (Å²) in [6.07, 6.45) is 5.20. The van der Waals surface area contributed by atoms with Gasteiger partial charge in [-0.15, -0.1) is 13.2 Å². The number of nitrogens with zero attached hydrogens (tertiary/aromatic N) is 1. The number of hydrogen-bond donors (Lipinski definition) is 3. The van der Waals surface area contributed by atoms with Crippen LogP contribution in [-0.2, 0) is 4.74 Å². The van der Waals surface area contributed by atoms with Crippen LogP contribution in [0.15, 0.2) is 65.4 Å². The molecule has 0 saturated carbocycles. The van der Waals surface area contributed by atoms with Crippen LogP contribution in [0.3, 0.4) is 0 Å². The molecular weight excluding hydrogens is 469 g/mol. The number of allylic oxidation sites excluding steroid dienone is 3. The monoisotopic (exact) mass is 490 g/mol. The highest BCUT2D eigenvalue weighted by Gasteiger charge is 2.44. The lowest BCUT2D eigenvalue weighted by molar-refractivity contribution is -0.274. The first-order valence-electron chi connectivity index (χ1n) is 10.6. The third-order valence-corrected chi connectivity index (χ3v) is 6.99. The van der Waals surface area contributed by atoms with Crippen LogP contribution in [0.4, 0.5) is 23.1 Å². The predicted molar refractivity (Wildman–Crippen MR) is 122 cm³/mol. The van der Waals surface area contributed by atoms with Crippen molar-refractivity contribution in [3.8, 4) is 5.75 Å². The number of dihydropyridines is 1. The van der Waals surface area contributed by atoms with Gasteiger partial charge in [-0.05, 0) is 49.1 Å². The van der Waals surface area contributed by atoms with Crippen LogP contribution in [-0.4, -0.2) is 29.2 Å². The Morgan fingerprint density at radius 1 is 1.38 bits per heavy atom. The van der Waals surface area contributed by atoms with E-state index in [1.165, 1.54) is 17.7 Å². The molecule has 0 fully saturated rings. The highest BCUT2D eigenvalue weighted by Crippen LogP contribution is 2.46. The average molecular weight is 491 g/mol. The Morgan fingerprint density at radius 3 is 2.97 bits per heavy atom. The van der Waals surface area contributed by atoms with Gasteiger partial charge in [-0.25, -0.2) is 9.78 Å². The first-order chi connectivity index (χ1) is 16.1. The van der Waals surface area contributed by atoms with Gasteiger partial charge in [0.05, 0.1) is 15.8 Å². The van der Waals surface area contributed by atoms with E-state index in [1.807, 2.05) is 13.0 Å². The number of ether oxygens (including phenoxy) is 2. The summed E-state index contributed by atoms with van der Waals surface area (Å²) in [6.45, 7) is 2.00. The largest absolute Gasteiger partial charge is 0.573 e. The van der Waals surface area contributed by atoms with Crippen LogP contribution in [0.1, 0.15) is 19.8 Å². The number of carbonyl (C=O) groups excluding carboxylic acids is 1. The van der Waals surface area contributed by atoms with E-state index in [-0.39, 0.29) is 16.8 Å².